The van der Waals surface area contributed by atoms with Crippen LogP contribution in [-0.2, 0) is 18.9 Å². The number of alkyl halides is 6. The minimum atomic E-state index is -3.12. The highest BCUT2D eigenvalue weighted by molar-refractivity contribution is 7.99. The Morgan fingerprint density at radius 3 is 1.61 bits per heavy atom. The van der Waals surface area contributed by atoms with E-state index < -0.39 is 58.9 Å². The second kappa shape index (κ2) is 23.5. The van der Waals surface area contributed by atoms with Gasteiger partial charge in [-0.15, -0.1) is 12.6 Å². The van der Waals surface area contributed by atoms with E-state index in [2.05, 4.69) is 37.0 Å². The summed E-state index contributed by atoms with van der Waals surface area (Å²) in [6, 6.07) is 20.7. The number of benzene rings is 4. The summed E-state index contributed by atoms with van der Waals surface area (Å²) in [5, 5.41) is 23.3. The van der Waals surface area contributed by atoms with E-state index in [9.17, 15) is 45.6 Å². The molecule has 0 radical (unpaired) electrons. The van der Waals surface area contributed by atoms with Crippen molar-refractivity contribution in [2.45, 2.75) is 46.1 Å². The first kappa shape index (κ1) is 52.2. The minimum absolute atomic E-state index is 0. The summed E-state index contributed by atoms with van der Waals surface area (Å²) >= 11 is 17.2. The summed E-state index contributed by atoms with van der Waals surface area (Å²) in [5.74, 6) is -4.38. The molecule has 336 valence electrons. The van der Waals surface area contributed by atoms with Gasteiger partial charge in [0.2, 0.25) is 10.8 Å². The summed E-state index contributed by atoms with van der Waals surface area (Å²) in [6.07, 6.45) is 0. The lowest BCUT2D eigenvalue weighted by Gasteiger charge is -2.11. The number of esters is 2. The molecule has 0 saturated carbocycles. The largest absolute Gasteiger partial charge is 0.465 e. The molecular weight excluding hydrogens is 941 g/mol. The Bertz CT molecular complexity index is 2640. The third-order valence-electron chi connectivity index (χ3n) is 8.23. The van der Waals surface area contributed by atoms with Crippen LogP contribution >= 0.6 is 47.6 Å². The Morgan fingerprint density at radius 1 is 0.703 bits per heavy atom. The zero-order valence-electron chi connectivity index (χ0n) is 32.6. The van der Waals surface area contributed by atoms with Crippen LogP contribution in [0, 0.1) is 40.1 Å². The molecule has 2 unspecified atom stereocenters. The summed E-state index contributed by atoms with van der Waals surface area (Å²) in [4.78, 5) is 24.4. The third-order valence-corrected chi connectivity index (χ3v) is 10.5. The van der Waals surface area contributed by atoms with E-state index >= 15 is 0 Å². The topological polar surface area (TPSA) is 149 Å². The lowest BCUT2D eigenvalue weighted by molar-refractivity contribution is -0.510. The molecule has 2 atom stereocenters. The van der Waals surface area contributed by atoms with Crippen molar-refractivity contribution < 1.29 is 68.6 Å². The number of nitriles is 2. The van der Waals surface area contributed by atoms with Gasteiger partial charge in [0.1, 0.15) is 29.6 Å². The van der Waals surface area contributed by atoms with Gasteiger partial charge >= 0.3 is 37.0 Å². The van der Waals surface area contributed by atoms with E-state index in [1.54, 1.807) is 42.5 Å². The van der Waals surface area contributed by atoms with E-state index in [0.717, 1.165) is 33.3 Å². The first-order chi connectivity index (χ1) is 29.9. The van der Waals surface area contributed by atoms with Crippen LogP contribution in [0.5, 0.6) is 0 Å². The molecule has 2 aliphatic heterocycles. The van der Waals surface area contributed by atoms with E-state index in [4.69, 9.17) is 33.2 Å². The molecule has 0 bridgehead atoms. The number of hydrazone groups is 2. The van der Waals surface area contributed by atoms with Crippen molar-refractivity contribution in [3.63, 3.8) is 0 Å². The van der Waals surface area contributed by atoms with Crippen molar-refractivity contribution in [2.75, 3.05) is 28.3 Å². The van der Waals surface area contributed by atoms with Crippen molar-refractivity contribution in [1.82, 2.24) is 0 Å². The van der Waals surface area contributed by atoms with Gasteiger partial charge in [0, 0.05) is 36.0 Å². The predicted molar refractivity (Wildman–Crippen MR) is 225 cm³/mol. The lowest BCUT2D eigenvalue weighted by atomic mass is 10.0. The fraction of sp³-hybridized carbons (Fsp3) is 0.220. The van der Waals surface area contributed by atoms with Gasteiger partial charge in [-0.2, -0.15) is 28.1 Å². The van der Waals surface area contributed by atoms with Crippen LogP contribution in [0.3, 0.4) is 0 Å². The molecule has 0 aliphatic carbocycles. The number of thiol groups is 1. The summed E-state index contributed by atoms with van der Waals surface area (Å²) in [6.45, 7) is -6.25. The third kappa shape index (κ3) is 12.5. The van der Waals surface area contributed by atoms with Gasteiger partial charge < -0.3 is 18.9 Å². The molecule has 12 nitrogen and oxygen atoms in total. The fourth-order valence-corrected chi connectivity index (χ4v) is 7.38. The molecule has 0 aromatic heterocycles. The molecule has 0 N–H and O–H groups in total. The molecule has 64 heavy (non-hydrogen) atoms. The van der Waals surface area contributed by atoms with Crippen LogP contribution in [0.2, 0.25) is 0 Å². The van der Waals surface area contributed by atoms with Gasteiger partial charge in [-0.25, -0.2) is 22.8 Å². The molecule has 2 aliphatic rings. The van der Waals surface area contributed by atoms with Gasteiger partial charge in [0.25, 0.3) is 0 Å². The molecule has 0 spiro atoms. The predicted octanol–water partition coefficient (Wildman–Crippen LogP) is 9.08. The maximum absolute atomic E-state index is 14.8. The molecule has 0 saturated heterocycles. The number of nitrogens with zero attached hydrogens (tertiary/aromatic N) is 6. The molecule has 2 heterocycles. The van der Waals surface area contributed by atoms with Gasteiger partial charge in [-0.3, -0.25) is 0 Å². The maximum Gasteiger partial charge on any atom is 0.396 e. The second-order valence-corrected chi connectivity index (χ2v) is 14.6. The number of rotatable bonds is 8. The van der Waals surface area contributed by atoms with Crippen molar-refractivity contribution >= 4 is 82.8 Å². The molecule has 0 amide bonds. The Kier molecular flexibility index (Phi) is 19.2. The smallest absolute Gasteiger partial charge is 0.396 e. The van der Waals surface area contributed by atoms with E-state index in [1.807, 2.05) is 12.1 Å². The lowest BCUT2D eigenvalue weighted by Crippen LogP contribution is -2.28. The summed E-state index contributed by atoms with van der Waals surface area (Å²) in [5.41, 5.74) is -0.361. The Balaban J connectivity index is 0.000000284. The number of hydrogen-bond acceptors (Lipinski definition) is 12. The zero-order chi connectivity index (χ0) is 46.7. The summed E-state index contributed by atoms with van der Waals surface area (Å²) < 4.78 is 112. The van der Waals surface area contributed by atoms with Crippen molar-refractivity contribution in [3.8, 4) is 12.1 Å². The highest BCUT2D eigenvalue weighted by atomic mass is 35.5. The van der Waals surface area contributed by atoms with Gasteiger partial charge in [0.05, 0.1) is 36.5 Å². The van der Waals surface area contributed by atoms with E-state index in [1.165, 1.54) is 40.5 Å². The van der Waals surface area contributed by atoms with Crippen LogP contribution < -0.4 is 0 Å². The normalized spacial score (nSPS) is 15.1. The molecule has 4 aromatic rings. The molecule has 0 fully saturated rings. The van der Waals surface area contributed by atoms with Gasteiger partial charge in [-0.1, -0.05) is 76.0 Å². The molecule has 6 rings (SSSR count). The number of carbonyl (C=O) groups is 2. The first-order valence-electron chi connectivity index (χ1n) is 17.3. The van der Waals surface area contributed by atoms with Crippen molar-refractivity contribution in [2.24, 2.45) is 10.2 Å². The standard InChI is InChI=1S/C20H14ClF3N3O3S.C12H7ClF4N3O.C8H8O2S.CH4/c1-27-18(30-20(23)24)16(21)17(26-27)12-8-15(10(9-25)7-13(12)22)31-14-6-4-3-5-11(14)19(28)29-2;1-20-11(21-12(16)17)9(13)10(19-20)6-3-7(14)5(4-18)2-8(6)15;1-10-8(9)6-4-2-3-5-7(6)11;/h3-8,16,20H,1-2H3;2-3,9,12H,1H3;2-5,11H,1H3;1H4/q2*+1;;. The van der Waals surface area contributed by atoms with Crippen LogP contribution in [0.4, 0.5) is 30.7 Å². The number of hydrogen-bond donors (Lipinski definition) is 1. The number of carbonyl (C=O) groups excluding carboxylic acids is 2. The number of halogens is 9. The Hall–Kier alpha value is -6.13. The second-order valence-electron chi connectivity index (χ2n) is 12.1. The SMILES string of the molecule is C.COC(=O)c1ccccc1S.COC(=O)c1ccccc1Sc1cc(C2=N[N+](C)=C(OC(F)F)C2Cl)c(F)cc1C#N.C[N+]1=C(OC(F)F)C(Cl)C(c2cc(F)c(C#N)cc2F)=N1. The fourth-order valence-electron chi connectivity index (χ4n) is 5.38. The number of ether oxygens (including phenoxy) is 4. The molecular formula is C41H33Cl2F7N6O6S2+2. The van der Waals surface area contributed by atoms with E-state index in [-0.39, 0.29) is 53.0 Å². The van der Waals surface area contributed by atoms with Crippen molar-refractivity contribution in [1.29, 1.82) is 10.5 Å². The van der Waals surface area contributed by atoms with Gasteiger partial charge in [0.15, 0.2) is 25.5 Å². The van der Waals surface area contributed by atoms with Crippen LogP contribution in [0.25, 0.3) is 0 Å². The highest BCUT2D eigenvalue weighted by Crippen LogP contribution is 2.36. The van der Waals surface area contributed by atoms with Gasteiger partial charge in [-0.05, 0) is 48.5 Å². The molecule has 4 aromatic carbocycles. The molecule has 23 heteroatoms. The Labute approximate surface area is 380 Å². The van der Waals surface area contributed by atoms with Crippen LogP contribution in [0.1, 0.15) is 50.4 Å². The average molecular weight is 974 g/mol. The van der Waals surface area contributed by atoms with Crippen LogP contribution in [-0.4, -0.2) is 96.8 Å². The van der Waals surface area contributed by atoms with Crippen molar-refractivity contribution in [3.05, 3.63) is 124 Å². The zero-order valence-corrected chi connectivity index (χ0v) is 35.9. The minimum Gasteiger partial charge on any atom is -0.465 e. The first-order valence-corrected chi connectivity index (χ1v) is 19.4. The average Bonchev–Trinajstić information content (AvgIpc) is 3.69. The van der Waals surface area contributed by atoms with Crippen LogP contribution in [0.15, 0.2) is 97.7 Å². The monoisotopic (exact) mass is 972 g/mol. The highest BCUT2D eigenvalue weighted by Gasteiger charge is 2.42. The summed E-state index contributed by atoms with van der Waals surface area (Å²) in [7, 11) is 5.20. The maximum atomic E-state index is 14.8. The quantitative estimate of drug-likeness (QED) is 0.0600. The van der Waals surface area contributed by atoms with E-state index in [0.29, 0.717) is 26.3 Å². The Morgan fingerprint density at radius 2 is 1.14 bits per heavy atom. The number of methoxy groups -OCH3 is 2.